The van der Waals surface area contributed by atoms with E-state index in [0.717, 1.165) is 11.8 Å². The van der Waals surface area contributed by atoms with Crippen LogP contribution in [0.4, 0.5) is 0 Å². The fraction of sp³-hybridized carbons (Fsp3) is 0.833. The maximum absolute atomic E-state index is 2.34. The number of hydrogen-bond acceptors (Lipinski definition) is 0. The molecule has 1 unspecified atom stereocenters. The predicted octanol–water partition coefficient (Wildman–Crippen LogP) is 4.42. The van der Waals surface area contributed by atoms with Crippen LogP contribution in [0.2, 0.25) is 0 Å². The SMILES string of the molecule is CCC(C)=C(C)CC(C)C(C)C. The highest BCUT2D eigenvalue weighted by atomic mass is 14.1. The molecule has 0 heterocycles. The van der Waals surface area contributed by atoms with Gasteiger partial charge in [0.15, 0.2) is 0 Å². The van der Waals surface area contributed by atoms with Gasteiger partial charge in [-0.2, -0.15) is 0 Å². The van der Waals surface area contributed by atoms with Gasteiger partial charge in [-0.15, -0.1) is 0 Å². The lowest BCUT2D eigenvalue weighted by Gasteiger charge is -2.17. The number of allylic oxidation sites excluding steroid dienone is 2. The minimum atomic E-state index is 0.810. The summed E-state index contributed by atoms with van der Waals surface area (Å²) in [6.45, 7) is 13.7. The van der Waals surface area contributed by atoms with Gasteiger partial charge < -0.3 is 0 Å². The van der Waals surface area contributed by atoms with Crippen LogP contribution in [-0.2, 0) is 0 Å². The lowest BCUT2D eigenvalue weighted by atomic mass is 9.89. The molecule has 0 aliphatic rings. The third kappa shape index (κ3) is 3.94. The van der Waals surface area contributed by atoms with Gasteiger partial charge in [-0.25, -0.2) is 0 Å². The van der Waals surface area contributed by atoms with Gasteiger partial charge in [0.05, 0.1) is 0 Å². The van der Waals surface area contributed by atoms with E-state index in [1.807, 2.05) is 0 Å². The van der Waals surface area contributed by atoms with Crippen molar-refractivity contribution < 1.29 is 0 Å². The molecular formula is C12H24. The van der Waals surface area contributed by atoms with Gasteiger partial charge in [0.2, 0.25) is 0 Å². The second-order valence-corrected chi connectivity index (χ2v) is 4.34. The molecule has 0 fully saturated rings. The Balaban J connectivity index is 4.08. The Bertz CT molecular complexity index is 151. The molecule has 0 nitrogen and oxygen atoms in total. The summed E-state index contributed by atoms with van der Waals surface area (Å²) in [5, 5.41) is 0. The Hall–Kier alpha value is -0.260. The Morgan fingerprint density at radius 3 is 1.83 bits per heavy atom. The summed E-state index contributed by atoms with van der Waals surface area (Å²) in [5.41, 5.74) is 3.17. The summed E-state index contributed by atoms with van der Waals surface area (Å²) in [6, 6.07) is 0. The topological polar surface area (TPSA) is 0 Å². The number of hydrogen-bond donors (Lipinski definition) is 0. The molecule has 0 amide bonds. The van der Waals surface area contributed by atoms with E-state index in [9.17, 15) is 0 Å². The molecule has 0 bridgehead atoms. The Labute approximate surface area is 78.1 Å². The van der Waals surface area contributed by atoms with Crippen molar-refractivity contribution in [1.29, 1.82) is 0 Å². The zero-order valence-electron chi connectivity index (χ0n) is 9.57. The third-order valence-electron chi connectivity index (χ3n) is 3.03. The van der Waals surface area contributed by atoms with Crippen molar-refractivity contribution in [1.82, 2.24) is 0 Å². The van der Waals surface area contributed by atoms with Crippen molar-refractivity contribution in [3.63, 3.8) is 0 Å². The van der Waals surface area contributed by atoms with E-state index in [0.29, 0.717) is 0 Å². The van der Waals surface area contributed by atoms with Gasteiger partial charge in [0.25, 0.3) is 0 Å². The first-order chi connectivity index (χ1) is 5.49. The van der Waals surface area contributed by atoms with Crippen LogP contribution >= 0.6 is 0 Å². The van der Waals surface area contributed by atoms with E-state index in [-0.39, 0.29) is 0 Å². The predicted molar refractivity (Wildman–Crippen MR) is 57.3 cm³/mol. The molecule has 72 valence electrons. The van der Waals surface area contributed by atoms with E-state index < -0.39 is 0 Å². The highest BCUT2D eigenvalue weighted by molar-refractivity contribution is 5.09. The fourth-order valence-corrected chi connectivity index (χ4v) is 1.19. The molecule has 0 aromatic heterocycles. The molecule has 0 spiro atoms. The lowest BCUT2D eigenvalue weighted by molar-refractivity contribution is 0.415. The summed E-state index contributed by atoms with van der Waals surface area (Å²) >= 11 is 0. The van der Waals surface area contributed by atoms with Crippen molar-refractivity contribution in [3.8, 4) is 0 Å². The van der Waals surface area contributed by atoms with Crippen molar-refractivity contribution in [2.24, 2.45) is 11.8 Å². The summed E-state index contributed by atoms with van der Waals surface area (Å²) in [4.78, 5) is 0. The average Bonchev–Trinajstić information content (AvgIpc) is 2.02. The maximum Gasteiger partial charge on any atom is -0.0292 e. The van der Waals surface area contributed by atoms with Gasteiger partial charge in [-0.05, 0) is 38.5 Å². The first kappa shape index (κ1) is 11.7. The molecular weight excluding hydrogens is 144 g/mol. The van der Waals surface area contributed by atoms with Crippen LogP contribution in [0.15, 0.2) is 11.1 Å². The van der Waals surface area contributed by atoms with Gasteiger partial charge in [-0.1, -0.05) is 38.8 Å². The van der Waals surface area contributed by atoms with Crippen LogP contribution in [0, 0.1) is 11.8 Å². The third-order valence-corrected chi connectivity index (χ3v) is 3.03. The van der Waals surface area contributed by atoms with E-state index in [4.69, 9.17) is 0 Å². The first-order valence-corrected chi connectivity index (χ1v) is 5.14. The summed E-state index contributed by atoms with van der Waals surface area (Å²) in [5.74, 6) is 1.64. The van der Waals surface area contributed by atoms with Crippen LogP contribution in [0.25, 0.3) is 0 Å². The molecule has 0 heteroatoms. The largest absolute Gasteiger partial charge is 0.0747 e. The zero-order chi connectivity index (χ0) is 9.72. The average molecular weight is 168 g/mol. The van der Waals surface area contributed by atoms with E-state index in [2.05, 4.69) is 41.5 Å². The fourth-order valence-electron chi connectivity index (χ4n) is 1.19. The lowest BCUT2D eigenvalue weighted by Crippen LogP contribution is -2.04. The van der Waals surface area contributed by atoms with Gasteiger partial charge >= 0.3 is 0 Å². The molecule has 0 aromatic rings. The molecule has 0 saturated carbocycles. The monoisotopic (exact) mass is 168 g/mol. The standard InChI is InChI=1S/C12H24/c1-7-10(4)12(6)8-11(5)9(2)3/h9,11H,7-8H2,1-6H3. The molecule has 0 rings (SSSR count). The molecule has 12 heavy (non-hydrogen) atoms. The molecule has 0 N–H and O–H groups in total. The van der Waals surface area contributed by atoms with Crippen LogP contribution in [-0.4, -0.2) is 0 Å². The second kappa shape index (κ2) is 5.40. The molecule has 0 aromatic carbocycles. The van der Waals surface area contributed by atoms with Crippen molar-refractivity contribution in [2.45, 2.75) is 54.4 Å². The Kier molecular flexibility index (Phi) is 5.28. The van der Waals surface area contributed by atoms with Crippen molar-refractivity contribution in [3.05, 3.63) is 11.1 Å². The molecule has 0 radical (unpaired) electrons. The maximum atomic E-state index is 2.34. The molecule has 1 atom stereocenters. The second-order valence-electron chi connectivity index (χ2n) is 4.34. The van der Waals surface area contributed by atoms with Crippen molar-refractivity contribution >= 4 is 0 Å². The van der Waals surface area contributed by atoms with Crippen LogP contribution in [0.3, 0.4) is 0 Å². The molecule has 0 aliphatic heterocycles. The van der Waals surface area contributed by atoms with Gasteiger partial charge in [0, 0.05) is 0 Å². The first-order valence-electron chi connectivity index (χ1n) is 5.14. The molecule has 0 saturated heterocycles. The zero-order valence-corrected chi connectivity index (χ0v) is 9.57. The molecule has 0 aliphatic carbocycles. The van der Waals surface area contributed by atoms with Gasteiger partial charge in [0.1, 0.15) is 0 Å². The summed E-state index contributed by atoms with van der Waals surface area (Å²) in [6.07, 6.45) is 2.48. The highest BCUT2D eigenvalue weighted by Crippen LogP contribution is 2.21. The smallest absolute Gasteiger partial charge is 0.0292 e. The van der Waals surface area contributed by atoms with Crippen LogP contribution in [0.1, 0.15) is 54.4 Å². The van der Waals surface area contributed by atoms with Crippen LogP contribution < -0.4 is 0 Å². The van der Waals surface area contributed by atoms with E-state index in [1.54, 1.807) is 11.1 Å². The minimum absolute atomic E-state index is 0.810. The number of rotatable bonds is 4. The van der Waals surface area contributed by atoms with Gasteiger partial charge in [-0.3, -0.25) is 0 Å². The van der Waals surface area contributed by atoms with E-state index in [1.165, 1.54) is 12.8 Å². The summed E-state index contributed by atoms with van der Waals surface area (Å²) in [7, 11) is 0. The normalized spacial score (nSPS) is 16.2. The Morgan fingerprint density at radius 1 is 1.00 bits per heavy atom. The van der Waals surface area contributed by atoms with Crippen molar-refractivity contribution in [2.75, 3.05) is 0 Å². The quantitative estimate of drug-likeness (QED) is 0.545. The Morgan fingerprint density at radius 2 is 1.50 bits per heavy atom. The summed E-state index contributed by atoms with van der Waals surface area (Å²) < 4.78 is 0. The van der Waals surface area contributed by atoms with Crippen LogP contribution in [0.5, 0.6) is 0 Å². The minimum Gasteiger partial charge on any atom is -0.0747 e. The van der Waals surface area contributed by atoms with E-state index >= 15 is 0 Å². The highest BCUT2D eigenvalue weighted by Gasteiger charge is 2.08.